The van der Waals surface area contributed by atoms with Gasteiger partial charge in [0.05, 0.1) is 39.0 Å². The highest BCUT2D eigenvalue weighted by atomic mass is 19.4. The summed E-state index contributed by atoms with van der Waals surface area (Å²) in [5.41, 5.74) is 1.87. The van der Waals surface area contributed by atoms with Crippen molar-refractivity contribution in [1.29, 1.82) is 0 Å². The van der Waals surface area contributed by atoms with E-state index in [1.807, 2.05) is 35.2 Å². The number of morpholine rings is 1. The molecule has 1 amide bonds. The predicted molar refractivity (Wildman–Crippen MR) is 150 cm³/mol. The van der Waals surface area contributed by atoms with Crippen molar-refractivity contribution < 1.29 is 47.2 Å². The van der Waals surface area contributed by atoms with Crippen molar-refractivity contribution in [3.63, 3.8) is 0 Å². The van der Waals surface area contributed by atoms with Gasteiger partial charge in [0.25, 0.3) is 0 Å². The van der Waals surface area contributed by atoms with E-state index in [2.05, 4.69) is 15.1 Å². The van der Waals surface area contributed by atoms with Gasteiger partial charge in [0.2, 0.25) is 5.91 Å². The van der Waals surface area contributed by atoms with Crippen LogP contribution in [0.2, 0.25) is 0 Å². The van der Waals surface area contributed by atoms with Crippen LogP contribution in [0.5, 0.6) is 5.75 Å². The summed E-state index contributed by atoms with van der Waals surface area (Å²) < 4.78 is 42.4. The molecule has 2 aliphatic heterocycles. The van der Waals surface area contributed by atoms with Crippen molar-refractivity contribution in [2.75, 3.05) is 71.5 Å². The molecular formula is C28H34F3N5O7. The molecule has 2 fully saturated rings. The van der Waals surface area contributed by atoms with Gasteiger partial charge in [-0.3, -0.25) is 9.69 Å². The van der Waals surface area contributed by atoms with Gasteiger partial charge < -0.3 is 34.8 Å². The van der Waals surface area contributed by atoms with Crippen LogP contribution in [-0.4, -0.2) is 121 Å². The molecule has 43 heavy (non-hydrogen) atoms. The first-order valence-electron chi connectivity index (χ1n) is 13.4. The van der Waals surface area contributed by atoms with Crippen molar-refractivity contribution in [1.82, 2.24) is 14.7 Å². The van der Waals surface area contributed by atoms with E-state index in [4.69, 9.17) is 24.4 Å². The van der Waals surface area contributed by atoms with Gasteiger partial charge in [-0.2, -0.15) is 13.2 Å². The number of hydrogen-bond donors (Lipinski definition) is 3. The van der Waals surface area contributed by atoms with Crippen LogP contribution < -0.4 is 10.1 Å². The molecule has 0 bridgehead atoms. The maximum atomic E-state index is 12.6. The number of carboxylic acids is 2. The molecule has 15 heteroatoms. The number of nitrogens with zero attached hydrogens (tertiary/aromatic N) is 4. The number of hydrogen-bond acceptors (Lipinski definition) is 7. The number of anilines is 1. The fourth-order valence-corrected chi connectivity index (χ4v) is 4.24. The second-order valence-corrected chi connectivity index (χ2v) is 9.56. The fraction of sp³-hybridized carbons (Fsp3) is 0.429. The number of methoxy groups -OCH3 is 1. The Labute approximate surface area is 246 Å². The maximum absolute atomic E-state index is 12.6. The van der Waals surface area contributed by atoms with Crippen molar-refractivity contribution in [3.05, 3.63) is 59.7 Å². The Morgan fingerprint density at radius 2 is 1.60 bits per heavy atom. The summed E-state index contributed by atoms with van der Waals surface area (Å²) >= 11 is 0. The van der Waals surface area contributed by atoms with Crippen molar-refractivity contribution in [2.24, 2.45) is 4.99 Å². The Morgan fingerprint density at radius 3 is 2.21 bits per heavy atom. The third-order valence-corrected chi connectivity index (χ3v) is 6.55. The number of carbonyl (C=O) groups is 3. The van der Waals surface area contributed by atoms with E-state index < -0.39 is 18.1 Å². The number of aliphatic imine (C=N–C) groups is 1. The highest BCUT2D eigenvalue weighted by molar-refractivity contribution is 5.96. The molecule has 4 rings (SSSR count). The zero-order valence-electron chi connectivity index (χ0n) is 23.5. The number of alkyl halides is 3. The zero-order chi connectivity index (χ0) is 31.4. The summed E-state index contributed by atoms with van der Waals surface area (Å²) in [7, 11) is 1.63. The van der Waals surface area contributed by atoms with Gasteiger partial charge in [-0.25, -0.2) is 14.6 Å². The minimum absolute atomic E-state index is 0.141. The lowest BCUT2D eigenvalue weighted by atomic mass is 10.2. The number of aromatic carboxylic acids is 1. The van der Waals surface area contributed by atoms with Gasteiger partial charge in [-0.1, -0.05) is 18.2 Å². The summed E-state index contributed by atoms with van der Waals surface area (Å²) in [6.07, 6.45) is -5.08. The normalized spacial score (nSPS) is 16.1. The molecule has 234 valence electrons. The number of guanidine groups is 1. The first-order valence-corrected chi connectivity index (χ1v) is 13.4. The number of nitrogens with one attached hydrogen (secondary N) is 1. The molecule has 0 atom stereocenters. The summed E-state index contributed by atoms with van der Waals surface area (Å²) in [5, 5.41) is 19.8. The van der Waals surface area contributed by atoms with Crippen molar-refractivity contribution in [3.8, 4) is 5.75 Å². The van der Waals surface area contributed by atoms with Crippen LogP contribution in [0, 0.1) is 0 Å². The Balaban J connectivity index is 0.000000646. The van der Waals surface area contributed by atoms with Crippen LogP contribution in [0.1, 0.15) is 15.9 Å². The molecule has 12 nitrogen and oxygen atoms in total. The van der Waals surface area contributed by atoms with Crippen LogP contribution in [-0.2, 0) is 20.9 Å². The smallest absolute Gasteiger partial charge is 0.490 e. The molecule has 3 N–H and O–H groups in total. The number of halogens is 3. The van der Waals surface area contributed by atoms with Gasteiger partial charge in [0.1, 0.15) is 5.75 Å². The molecule has 0 aromatic heterocycles. The Hall–Kier alpha value is -4.37. The standard InChI is InChI=1S/C26H33N5O5.C2HF3O2/c1-35-23-7-2-4-20(16-23)18-27-26(28-22-6-3-5-21(17-22)25(33)34)31-10-8-29(9-11-31)19-24(32)30-12-14-36-15-13-30;3-2(4,5)1(6)7/h2-7,16-17H,8-15,18-19H2,1H3,(H,27,28)(H,33,34);(H,6,7). The molecule has 2 aromatic rings. The number of piperazine rings is 1. The zero-order valence-corrected chi connectivity index (χ0v) is 23.5. The quantitative estimate of drug-likeness (QED) is 0.316. The maximum Gasteiger partial charge on any atom is 0.490 e. The second kappa shape index (κ2) is 15.7. The largest absolute Gasteiger partial charge is 0.497 e. The molecule has 0 unspecified atom stereocenters. The van der Waals surface area contributed by atoms with Gasteiger partial charge >= 0.3 is 18.1 Å². The molecule has 0 aliphatic carbocycles. The number of rotatable bonds is 7. The summed E-state index contributed by atoms with van der Waals surface area (Å²) in [5.74, 6) is -2.16. The van der Waals surface area contributed by atoms with E-state index in [9.17, 15) is 27.9 Å². The molecule has 2 aromatic carbocycles. The first kappa shape index (κ1) is 33.1. The molecule has 0 spiro atoms. The Kier molecular flexibility index (Phi) is 12.1. The topological polar surface area (TPSA) is 144 Å². The Bertz CT molecular complexity index is 1280. The molecule has 2 saturated heterocycles. The van der Waals surface area contributed by atoms with E-state index in [-0.39, 0.29) is 11.5 Å². The average molecular weight is 610 g/mol. The fourth-order valence-electron chi connectivity index (χ4n) is 4.24. The third-order valence-electron chi connectivity index (χ3n) is 6.55. The molecular weight excluding hydrogens is 575 g/mol. The molecule has 2 aliphatic rings. The Morgan fingerprint density at radius 1 is 0.953 bits per heavy atom. The van der Waals surface area contributed by atoms with Gasteiger partial charge in [0, 0.05) is 45.0 Å². The van der Waals surface area contributed by atoms with E-state index in [0.717, 1.165) is 24.4 Å². The first-order chi connectivity index (χ1) is 20.5. The minimum atomic E-state index is -5.08. The van der Waals surface area contributed by atoms with Gasteiger partial charge in [-0.15, -0.1) is 0 Å². The van der Waals surface area contributed by atoms with Crippen molar-refractivity contribution >= 4 is 29.5 Å². The minimum Gasteiger partial charge on any atom is -0.497 e. The summed E-state index contributed by atoms with van der Waals surface area (Å²) in [6, 6.07) is 14.4. The van der Waals surface area contributed by atoms with Crippen LogP contribution >= 0.6 is 0 Å². The highest BCUT2D eigenvalue weighted by Gasteiger charge is 2.38. The van der Waals surface area contributed by atoms with E-state index in [1.165, 1.54) is 0 Å². The van der Waals surface area contributed by atoms with Crippen LogP contribution in [0.4, 0.5) is 18.9 Å². The number of carboxylic acid groups (broad SMARTS) is 2. The molecule has 0 radical (unpaired) electrons. The number of amides is 1. The number of carbonyl (C=O) groups excluding carboxylic acids is 1. The number of aliphatic carboxylic acids is 1. The van der Waals surface area contributed by atoms with E-state index in [1.54, 1.807) is 25.3 Å². The second-order valence-electron chi connectivity index (χ2n) is 9.56. The number of ether oxygens (including phenoxy) is 2. The SMILES string of the molecule is COc1cccc(CN=C(Nc2cccc(C(=O)O)c2)N2CCN(CC(=O)N3CCOCC3)CC2)c1.O=C(O)C(F)(F)F. The van der Waals surface area contributed by atoms with Crippen LogP contribution in [0.15, 0.2) is 53.5 Å². The van der Waals surface area contributed by atoms with Crippen molar-refractivity contribution in [2.45, 2.75) is 12.7 Å². The van der Waals surface area contributed by atoms with Crippen LogP contribution in [0.25, 0.3) is 0 Å². The lowest BCUT2D eigenvalue weighted by molar-refractivity contribution is -0.192. The number of benzene rings is 2. The lowest BCUT2D eigenvalue weighted by Crippen LogP contribution is -2.53. The predicted octanol–water partition coefficient (Wildman–Crippen LogP) is 2.47. The van der Waals surface area contributed by atoms with E-state index >= 15 is 0 Å². The summed E-state index contributed by atoms with van der Waals surface area (Å²) in [6.45, 7) is 6.18. The highest BCUT2D eigenvalue weighted by Crippen LogP contribution is 2.16. The average Bonchev–Trinajstić information content (AvgIpc) is 3.00. The van der Waals surface area contributed by atoms with Crippen LogP contribution in [0.3, 0.4) is 0 Å². The molecule has 2 heterocycles. The third kappa shape index (κ3) is 10.8. The van der Waals surface area contributed by atoms with Gasteiger partial charge in [0.15, 0.2) is 5.96 Å². The van der Waals surface area contributed by atoms with E-state index in [0.29, 0.717) is 64.1 Å². The summed E-state index contributed by atoms with van der Waals surface area (Å²) in [4.78, 5) is 44.0. The monoisotopic (exact) mass is 609 g/mol. The molecule has 0 saturated carbocycles. The lowest BCUT2D eigenvalue weighted by Gasteiger charge is -2.37. The van der Waals surface area contributed by atoms with Gasteiger partial charge in [-0.05, 0) is 35.9 Å².